The standard InChI is InChI=1S/C19H21N3O3/c1-19(2,3)25-18(24)21-14-7-8-15-13(12-14)9-11-22(17(15)23)16-6-4-5-10-20-16/h4-8,10,12H,9,11H2,1-3H3,(H,21,24). The number of anilines is 2. The summed E-state index contributed by atoms with van der Waals surface area (Å²) < 4.78 is 5.25. The van der Waals surface area contributed by atoms with Gasteiger partial charge in [0.05, 0.1) is 0 Å². The number of carbonyl (C=O) groups is 2. The monoisotopic (exact) mass is 339 g/mol. The van der Waals surface area contributed by atoms with E-state index in [0.717, 1.165) is 5.56 Å². The van der Waals surface area contributed by atoms with Crippen LogP contribution < -0.4 is 10.2 Å². The predicted molar refractivity (Wildman–Crippen MR) is 95.9 cm³/mol. The van der Waals surface area contributed by atoms with Crippen LogP contribution in [-0.4, -0.2) is 29.1 Å². The van der Waals surface area contributed by atoms with Crippen molar-refractivity contribution in [1.82, 2.24) is 4.98 Å². The average Bonchev–Trinajstić information content (AvgIpc) is 2.54. The molecule has 1 aliphatic rings. The van der Waals surface area contributed by atoms with Gasteiger partial charge in [-0.25, -0.2) is 9.78 Å². The summed E-state index contributed by atoms with van der Waals surface area (Å²) in [5.74, 6) is 0.567. The van der Waals surface area contributed by atoms with Crippen LogP contribution in [0.1, 0.15) is 36.7 Å². The quantitative estimate of drug-likeness (QED) is 0.907. The van der Waals surface area contributed by atoms with Gasteiger partial charge in [-0.15, -0.1) is 0 Å². The summed E-state index contributed by atoms with van der Waals surface area (Å²) in [4.78, 5) is 30.5. The van der Waals surface area contributed by atoms with Gasteiger partial charge in [0.25, 0.3) is 5.91 Å². The van der Waals surface area contributed by atoms with Gasteiger partial charge < -0.3 is 4.74 Å². The first-order valence-corrected chi connectivity index (χ1v) is 8.19. The molecule has 0 atom stereocenters. The Morgan fingerprint density at radius 3 is 2.72 bits per heavy atom. The van der Waals surface area contributed by atoms with Crippen LogP contribution in [0.4, 0.5) is 16.3 Å². The van der Waals surface area contributed by atoms with E-state index in [9.17, 15) is 9.59 Å². The zero-order valence-corrected chi connectivity index (χ0v) is 14.6. The average molecular weight is 339 g/mol. The Labute approximate surface area is 146 Å². The van der Waals surface area contributed by atoms with Gasteiger partial charge in [-0.3, -0.25) is 15.0 Å². The van der Waals surface area contributed by atoms with Gasteiger partial charge in [0.2, 0.25) is 0 Å². The maximum atomic E-state index is 12.7. The topological polar surface area (TPSA) is 71.5 Å². The third-order valence-electron chi connectivity index (χ3n) is 3.76. The molecule has 1 N–H and O–H groups in total. The molecule has 0 radical (unpaired) electrons. The van der Waals surface area contributed by atoms with E-state index in [2.05, 4.69) is 10.3 Å². The van der Waals surface area contributed by atoms with E-state index in [1.165, 1.54) is 0 Å². The molecule has 2 aromatic rings. The minimum absolute atomic E-state index is 0.0798. The van der Waals surface area contributed by atoms with Crippen molar-refractivity contribution in [2.45, 2.75) is 32.8 Å². The normalized spacial score (nSPS) is 14.0. The van der Waals surface area contributed by atoms with E-state index in [-0.39, 0.29) is 5.91 Å². The number of hydrogen-bond acceptors (Lipinski definition) is 4. The molecule has 1 aromatic carbocycles. The lowest BCUT2D eigenvalue weighted by Crippen LogP contribution is -2.38. The van der Waals surface area contributed by atoms with Crippen molar-refractivity contribution in [3.63, 3.8) is 0 Å². The lowest BCUT2D eigenvalue weighted by atomic mass is 9.98. The van der Waals surface area contributed by atoms with Crippen molar-refractivity contribution < 1.29 is 14.3 Å². The first kappa shape index (κ1) is 17.0. The van der Waals surface area contributed by atoms with Gasteiger partial charge in [0, 0.05) is 24.0 Å². The summed E-state index contributed by atoms with van der Waals surface area (Å²) in [5.41, 5.74) is 1.60. The number of fused-ring (bicyclic) bond motifs is 1. The summed E-state index contributed by atoms with van der Waals surface area (Å²) in [7, 11) is 0. The molecule has 2 heterocycles. The van der Waals surface area contributed by atoms with Crippen LogP contribution in [-0.2, 0) is 11.2 Å². The van der Waals surface area contributed by atoms with Crippen LogP contribution >= 0.6 is 0 Å². The van der Waals surface area contributed by atoms with E-state index in [4.69, 9.17) is 4.74 Å². The number of benzene rings is 1. The number of ether oxygens (including phenoxy) is 1. The lowest BCUT2D eigenvalue weighted by Gasteiger charge is -2.28. The SMILES string of the molecule is CC(C)(C)OC(=O)Nc1ccc2c(c1)CCN(c1ccccn1)C2=O. The van der Waals surface area contributed by atoms with Gasteiger partial charge in [-0.2, -0.15) is 0 Å². The van der Waals surface area contributed by atoms with Crippen molar-refractivity contribution in [3.05, 3.63) is 53.7 Å². The number of nitrogens with one attached hydrogen (secondary N) is 1. The highest BCUT2D eigenvalue weighted by Crippen LogP contribution is 2.25. The zero-order valence-electron chi connectivity index (χ0n) is 14.6. The smallest absolute Gasteiger partial charge is 0.412 e. The van der Waals surface area contributed by atoms with Crippen molar-refractivity contribution >= 4 is 23.5 Å². The van der Waals surface area contributed by atoms with Crippen LogP contribution in [0, 0.1) is 0 Å². The number of rotatable bonds is 2. The van der Waals surface area contributed by atoms with Crippen LogP contribution in [0.25, 0.3) is 0 Å². The Bertz CT molecular complexity index is 797. The predicted octanol–water partition coefficient (Wildman–Crippen LogP) is 3.63. The summed E-state index contributed by atoms with van der Waals surface area (Å²) in [6.45, 7) is 5.98. The minimum Gasteiger partial charge on any atom is -0.444 e. The zero-order chi connectivity index (χ0) is 18.0. The van der Waals surface area contributed by atoms with Crippen LogP contribution in [0.3, 0.4) is 0 Å². The fourth-order valence-corrected chi connectivity index (χ4v) is 2.72. The van der Waals surface area contributed by atoms with E-state index >= 15 is 0 Å². The second-order valence-electron chi connectivity index (χ2n) is 6.89. The maximum Gasteiger partial charge on any atom is 0.412 e. The first-order valence-electron chi connectivity index (χ1n) is 8.19. The summed E-state index contributed by atoms with van der Waals surface area (Å²) in [5, 5.41) is 2.71. The molecule has 0 fully saturated rings. The molecule has 1 aliphatic heterocycles. The van der Waals surface area contributed by atoms with Crippen LogP contribution in [0.5, 0.6) is 0 Å². The number of hydrogen-bond donors (Lipinski definition) is 1. The highest BCUT2D eigenvalue weighted by Gasteiger charge is 2.26. The molecule has 130 valence electrons. The highest BCUT2D eigenvalue weighted by atomic mass is 16.6. The van der Waals surface area contributed by atoms with E-state index in [1.54, 1.807) is 23.2 Å². The molecule has 0 saturated carbocycles. The van der Waals surface area contributed by atoms with Crippen molar-refractivity contribution in [1.29, 1.82) is 0 Å². The van der Waals surface area contributed by atoms with Gasteiger partial charge >= 0.3 is 6.09 Å². The van der Waals surface area contributed by atoms with Gasteiger partial charge in [0.15, 0.2) is 0 Å². The molecule has 3 rings (SSSR count). The van der Waals surface area contributed by atoms with Gasteiger partial charge in [-0.05, 0) is 63.1 Å². The molecule has 0 aliphatic carbocycles. The largest absolute Gasteiger partial charge is 0.444 e. The first-order chi connectivity index (χ1) is 11.8. The van der Waals surface area contributed by atoms with Crippen molar-refractivity contribution in [2.24, 2.45) is 0 Å². The third kappa shape index (κ3) is 3.96. The number of amides is 2. The Hall–Kier alpha value is -2.89. The molecule has 0 spiro atoms. The molecule has 0 unspecified atom stereocenters. The highest BCUT2D eigenvalue weighted by molar-refractivity contribution is 6.08. The number of nitrogens with zero attached hydrogens (tertiary/aromatic N) is 2. The molecule has 2 amide bonds. The Morgan fingerprint density at radius 2 is 2.04 bits per heavy atom. The van der Waals surface area contributed by atoms with E-state index < -0.39 is 11.7 Å². The molecule has 1 aromatic heterocycles. The van der Waals surface area contributed by atoms with Crippen molar-refractivity contribution in [2.75, 3.05) is 16.8 Å². The van der Waals surface area contributed by atoms with Crippen molar-refractivity contribution in [3.8, 4) is 0 Å². The maximum absolute atomic E-state index is 12.7. The Kier molecular flexibility index (Phi) is 4.44. The molecular weight excluding hydrogens is 318 g/mol. The fourth-order valence-electron chi connectivity index (χ4n) is 2.72. The molecule has 6 heteroatoms. The number of pyridine rings is 1. The molecule has 6 nitrogen and oxygen atoms in total. The summed E-state index contributed by atoms with van der Waals surface area (Å²) in [6, 6.07) is 10.8. The molecule has 0 bridgehead atoms. The molecular formula is C19H21N3O3. The van der Waals surface area contributed by atoms with Gasteiger partial charge in [0.1, 0.15) is 11.4 Å². The summed E-state index contributed by atoms with van der Waals surface area (Å²) >= 11 is 0. The summed E-state index contributed by atoms with van der Waals surface area (Å²) in [6.07, 6.45) is 1.86. The van der Waals surface area contributed by atoms with Gasteiger partial charge in [-0.1, -0.05) is 6.07 Å². The minimum atomic E-state index is -0.558. The second kappa shape index (κ2) is 6.55. The lowest BCUT2D eigenvalue weighted by molar-refractivity contribution is 0.0636. The fraction of sp³-hybridized carbons (Fsp3) is 0.316. The Morgan fingerprint density at radius 1 is 1.24 bits per heavy atom. The van der Waals surface area contributed by atoms with Crippen LogP contribution in [0.2, 0.25) is 0 Å². The third-order valence-corrected chi connectivity index (χ3v) is 3.76. The Balaban J connectivity index is 1.77. The van der Waals surface area contributed by atoms with E-state index in [0.29, 0.717) is 30.0 Å². The number of carbonyl (C=O) groups excluding carboxylic acids is 2. The number of aromatic nitrogens is 1. The van der Waals surface area contributed by atoms with Crippen LogP contribution in [0.15, 0.2) is 42.6 Å². The second-order valence-corrected chi connectivity index (χ2v) is 6.89. The molecule has 25 heavy (non-hydrogen) atoms. The van der Waals surface area contributed by atoms with E-state index in [1.807, 2.05) is 45.0 Å². The molecule has 0 saturated heterocycles.